The summed E-state index contributed by atoms with van der Waals surface area (Å²) in [5, 5.41) is 2.37. The van der Waals surface area contributed by atoms with Crippen molar-refractivity contribution in [3.05, 3.63) is 11.6 Å². The predicted molar refractivity (Wildman–Crippen MR) is 62.8 cm³/mol. The van der Waals surface area contributed by atoms with Gasteiger partial charge in [0, 0.05) is 12.0 Å². The molecule has 0 aromatic rings. The SMILES string of the molecule is COC(=O)C1=C[C@H](NC(=O)OC(C)(C)C)[C@@H](F)C1. The molecule has 0 aliphatic heterocycles. The fraction of sp³-hybridized carbons (Fsp3) is 0.667. The smallest absolute Gasteiger partial charge is 0.408 e. The summed E-state index contributed by atoms with van der Waals surface area (Å²) < 4.78 is 23.1. The average molecular weight is 259 g/mol. The second-order valence-electron chi connectivity index (χ2n) is 5.08. The Morgan fingerprint density at radius 3 is 2.56 bits per heavy atom. The van der Waals surface area contributed by atoms with Crippen LogP contribution in [0.5, 0.6) is 0 Å². The lowest BCUT2D eigenvalue weighted by molar-refractivity contribution is -0.136. The zero-order valence-corrected chi connectivity index (χ0v) is 11.0. The molecule has 0 bridgehead atoms. The number of halogens is 1. The van der Waals surface area contributed by atoms with E-state index in [-0.39, 0.29) is 12.0 Å². The lowest BCUT2D eigenvalue weighted by Gasteiger charge is -2.21. The van der Waals surface area contributed by atoms with Crippen molar-refractivity contribution in [1.82, 2.24) is 5.32 Å². The van der Waals surface area contributed by atoms with Crippen molar-refractivity contribution >= 4 is 12.1 Å². The molecule has 102 valence electrons. The molecule has 1 rings (SSSR count). The summed E-state index contributed by atoms with van der Waals surface area (Å²) >= 11 is 0. The highest BCUT2D eigenvalue weighted by atomic mass is 19.1. The number of ether oxygens (including phenoxy) is 2. The lowest BCUT2D eigenvalue weighted by Crippen LogP contribution is -2.41. The van der Waals surface area contributed by atoms with E-state index in [1.54, 1.807) is 20.8 Å². The van der Waals surface area contributed by atoms with E-state index in [1.807, 2.05) is 0 Å². The van der Waals surface area contributed by atoms with Crippen LogP contribution in [-0.4, -0.2) is 37.0 Å². The molecule has 1 N–H and O–H groups in total. The van der Waals surface area contributed by atoms with E-state index < -0.39 is 29.9 Å². The van der Waals surface area contributed by atoms with Crippen molar-refractivity contribution in [3.63, 3.8) is 0 Å². The van der Waals surface area contributed by atoms with Gasteiger partial charge in [-0.1, -0.05) is 0 Å². The van der Waals surface area contributed by atoms with E-state index in [0.29, 0.717) is 0 Å². The highest BCUT2D eigenvalue weighted by Gasteiger charge is 2.33. The number of hydrogen-bond acceptors (Lipinski definition) is 4. The van der Waals surface area contributed by atoms with E-state index in [4.69, 9.17) is 4.74 Å². The molecule has 0 saturated carbocycles. The van der Waals surface area contributed by atoms with Gasteiger partial charge in [0.1, 0.15) is 11.8 Å². The minimum atomic E-state index is -1.34. The average Bonchev–Trinajstić information content (AvgIpc) is 2.56. The standard InChI is InChI=1S/C12H18FNO4/c1-12(2,3)18-11(16)14-9-6-7(5-8(9)13)10(15)17-4/h6,8-9H,5H2,1-4H3,(H,14,16)/t8-,9-/m0/s1. The monoisotopic (exact) mass is 259 g/mol. The van der Waals surface area contributed by atoms with Gasteiger partial charge in [-0.3, -0.25) is 0 Å². The number of carbonyl (C=O) groups is 2. The van der Waals surface area contributed by atoms with Crippen LogP contribution in [0.4, 0.5) is 9.18 Å². The molecule has 1 aliphatic carbocycles. The summed E-state index contributed by atoms with van der Waals surface area (Å²) in [6, 6.07) is -0.853. The minimum Gasteiger partial charge on any atom is -0.466 e. The quantitative estimate of drug-likeness (QED) is 0.767. The van der Waals surface area contributed by atoms with Gasteiger partial charge in [0.15, 0.2) is 0 Å². The van der Waals surface area contributed by atoms with Crippen LogP contribution < -0.4 is 5.32 Å². The maximum absolute atomic E-state index is 13.6. The summed E-state index contributed by atoms with van der Waals surface area (Å²) in [5.74, 6) is -0.578. The first-order valence-electron chi connectivity index (χ1n) is 5.65. The number of alkyl halides is 1. The molecule has 0 heterocycles. The van der Waals surface area contributed by atoms with Gasteiger partial charge in [-0.15, -0.1) is 0 Å². The van der Waals surface area contributed by atoms with Crippen molar-refractivity contribution in [2.75, 3.05) is 7.11 Å². The number of methoxy groups -OCH3 is 1. The van der Waals surface area contributed by atoms with Crippen LogP contribution in [0.3, 0.4) is 0 Å². The summed E-state index contributed by atoms with van der Waals surface area (Å²) in [5.41, 5.74) is -0.422. The summed E-state index contributed by atoms with van der Waals surface area (Å²) in [4.78, 5) is 22.7. The Morgan fingerprint density at radius 1 is 1.44 bits per heavy atom. The zero-order chi connectivity index (χ0) is 13.9. The van der Waals surface area contributed by atoms with Crippen molar-refractivity contribution < 1.29 is 23.5 Å². The number of rotatable bonds is 2. The molecule has 6 heteroatoms. The molecule has 18 heavy (non-hydrogen) atoms. The molecule has 1 amide bonds. The first kappa shape index (κ1) is 14.5. The molecule has 0 saturated heterocycles. The summed E-state index contributed by atoms with van der Waals surface area (Å²) in [7, 11) is 1.23. The van der Waals surface area contributed by atoms with Gasteiger partial charge in [0.25, 0.3) is 0 Å². The van der Waals surface area contributed by atoms with Crippen LogP contribution in [0.25, 0.3) is 0 Å². The molecule has 5 nitrogen and oxygen atoms in total. The number of alkyl carbamates (subject to hydrolysis) is 1. The Labute approximate surface area is 105 Å². The number of carbonyl (C=O) groups excluding carboxylic acids is 2. The topological polar surface area (TPSA) is 64.6 Å². The first-order valence-corrected chi connectivity index (χ1v) is 5.65. The molecule has 0 unspecified atom stereocenters. The molecule has 2 atom stereocenters. The normalized spacial score (nSPS) is 23.3. The molecular formula is C12H18FNO4. The largest absolute Gasteiger partial charge is 0.466 e. The van der Waals surface area contributed by atoms with Crippen molar-refractivity contribution in [3.8, 4) is 0 Å². The van der Waals surface area contributed by atoms with E-state index >= 15 is 0 Å². The molecular weight excluding hydrogens is 241 g/mol. The van der Waals surface area contributed by atoms with Crippen molar-refractivity contribution in [1.29, 1.82) is 0 Å². The molecule has 0 radical (unpaired) electrons. The van der Waals surface area contributed by atoms with Crippen molar-refractivity contribution in [2.24, 2.45) is 0 Å². The third-order valence-electron chi connectivity index (χ3n) is 2.32. The van der Waals surface area contributed by atoms with Gasteiger partial charge in [-0.05, 0) is 26.8 Å². The van der Waals surface area contributed by atoms with Gasteiger partial charge in [0.2, 0.25) is 0 Å². The van der Waals surface area contributed by atoms with E-state index in [9.17, 15) is 14.0 Å². The fourth-order valence-electron chi connectivity index (χ4n) is 1.58. The van der Waals surface area contributed by atoms with Crippen LogP contribution in [0.1, 0.15) is 27.2 Å². The fourth-order valence-corrected chi connectivity index (χ4v) is 1.58. The summed E-state index contributed by atoms with van der Waals surface area (Å²) in [6.07, 6.45) is -0.753. The molecule has 0 aromatic carbocycles. The van der Waals surface area contributed by atoms with Crippen LogP contribution in [-0.2, 0) is 14.3 Å². The second kappa shape index (κ2) is 5.37. The Kier molecular flexibility index (Phi) is 4.32. The van der Waals surface area contributed by atoms with Crippen LogP contribution in [0, 0.1) is 0 Å². The van der Waals surface area contributed by atoms with Crippen LogP contribution in [0.2, 0.25) is 0 Å². The first-order chi connectivity index (χ1) is 8.23. The maximum Gasteiger partial charge on any atom is 0.408 e. The number of amides is 1. The van der Waals surface area contributed by atoms with Gasteiger partial charge in [-0.2, -0.15) is 0 Å². The number of esters is 1. The third kappa shape index (κ3) is 4.01. The molecule has 0 spiro atoms. The lowest BCUT2D eigenvalue weighted by atomic mass is 10.2. The van der Waals surface area contributed by atoms with Gasteiger partial charge < -0.3 is 14.8 Å². The second-order valence-corrected chi connectivity index (χ2v) is 5.08. The van der Waals surface area contributed by atoms with Gasteiger partial charge in [-0.25, -0.2) is 14.0 Å². The van der Waals surface area contributed by atoms with Crippen molar-refractivity contribution in [2.45, 2.75) is 45.0 Å². The van der Waals surface area contributed by atoms with E-state index in [0.717, 1.165) is 0 Å². The predicted octanol–water partition coefficient (Wildman–Crippen LogP) is 1.72. The Morgan fingerprint density at radius 2 is 2.06 bits per heavy atom. The van der Waals surface area contributed by atoms with Crippen LogP contribution >= 0.6 is 0 Å². The maximum atomic E-state index is 13.6. The number of nitrogens with one attached hydrogen (secondary N) is 1. The minimum absolute atomic E-state index is 0.0624. The highest BCUT2D eigenvalue weighted by Crippen LogP contribution is 2.23. The molecule has 1 aliphatic rings. The van der Waals surface area contributed by atoms with Gasteiger partial charge in [0.05, 0.1) is 13.2 Å². The van der Waals surface area contributed by atoms with Gasteiger partial charge >= 0.3 is 12.1 Å². The van der Waals surface area contributed by atoms with E-state index in [1.165, 1.54) is 13.2 Å². The van der Waals surface area contributed by atoms with Crippen LogP contribution in [0.15, 0.2) is 11.6 Å². The highest BCUT2D eigenvalue weighted by molar-refractivity contribution is 5.89. The molecule has 0 aromatic heterocycles. The Bertz CT molecular complexity index is 373. The number of hydrogen-bond donors (Lipinski definition) is 1. The zero-order valence-electron chi connectivity index (χ0n) is 11.0. The Balaban J connectivity index is 2.60. The Hall–Kier alpha value is -1.59. The van der Waals surface area contributed by atoms with E-state index in [2.05, 4.69) is 10.1 Å². The third-order valence-corrected chi connectivity index (χ3v) is 2.32. The molecule has 0 fully saturated rings. The summed E-state index contributed by atoms with van der Waals surface area (Å²) in [6.45, 7) is 5.14.